The molecule has 0 amide bonds. The van der Waals surface area contributed by atoms with Gasteiger partial charge in [0.1, 0.15) is 5.78 Å². The van der Waals surface area contributed by atoms with Crippen LogP contribution in [0.5, 0.6) is 0 Å². The Morgan fingerprint density at radius 1 is 1.28 bits per heavy atom. The molecular weight excluding hydrogens is 355 g/mol. The highest BCUT2D eigenvalue weighted by molar-refractivity contribution is 7.92. The average molecular weight is 375 g/mol. The number of ketones is 1. The van der Waals surface area contributed by atoms with Crippen molar-refractivity contribution in [3.8, 4) is 0 Å². The van der Waals surface area contributed by atoms with Crippen molar-refractivity contribution in [2.75, 3.05) is 10.5 Å². The number of carbonyl (C=O) groups is 1. The van der Waals surface area contributed by atoms with Crippen molar-refractivity contribution in [1.82, 2.24) is 0 Å². The number of anilines is 1. The maximum Gasteiger partial charge on any atom is 0.416 e. The summed E-state index contributed by atoms with van der Waals surface area (Å²) in [6.07, 6.45) is -2.86. The lowest BCUT2D eigenvalue weighted by Gasteiger charge is -2.36. The van der Waals surface area contributed by atoms with Gasteiger partial charge in [-0.25, -0.2) is 8.42 Å². The molecule has 3 rings (SSSR count). The zero-order valence-electron chi connectivity index (χ0n) is 14.0. The van der Waals surface area contributed by atoms with Crippen molar-refractivity contribution in [2.45, 2.75) is 39.3 Å². The average Bonchev–Trinajstić information content (AvgIpc) is 2.79. The first kappa shape index (κ1) is 18.2. The van der Waals surface area contributed by atoms with Crippen LogP contribution in [-0.2, 0) is 21.0 Å². The molecule has 1 N–H and O–H groups in total. The van der Waals surface area contributed by atoms with Crippen LogP contribution in [0.2, 0.25) is 0 Å². The fourth-order valence-electron chi connectivity index (χ4n) is 4.41. The van der Waals surface area contributed by atoms with Gasteiger partial charge in [0.25, 0.3) is 0 Å². The minimum absolute atomic E-state index is 0.0526. The molecule has 8 heteroatoms. The van der Waals surface area contributed by atoms with Crippen LogP contribution in [0.4, 0.5) is 18.9 Å². The standard InChI is InChI=1S/C17H20F3NO3S/c1-15(2)11-6-7-16(15,14(22)9-11)10-25(23,24)21-13-5-3-4-12(8-13)17(18,19)20/h3-5,8,11,21H,6-7,9-10H2,1-2H3. The van der Waals surface area contributed by atoms with Crippen molar-refractivity contribution >= 4 is 21.5 Å². The van der Waals surface area contributed by atoms with E-state index >= 15 is 0 Å². The van der Waals surface area contributed by atoms with Crippen molar-refractivity contribution in [2.24, 2.45) is 16.7 Å². The first-order valence-corrected chi connectivity index (χ1v) is 9.74. The van der Waals surface area contributed by atoms with Crippen LogP contribution >= 0.6 is 0 Å². The molecule has 1 aromatic carbocycles. The SMILES string of the molecule is CC1(C)C2CCC1(CS(=O)(=O)Nc1cccc(C(F)(F)F)c1)C(=O)C2. The van der Waals surface area contributed by atoms with Crippen molar-refractivity contribution in [3.63, 3.8) is 0 Å². The number of hydrogen-bond donors (Lipinski definition) is 1. The van der Waals surface area contributed by atoms with E-state index in [-0.39, 0.29) is 17.4 Å². The van der Waals surface area contributed by atoms with Gasteiger partial charge in [-0.2, -0.15) is 13.2 Å². The summed E-state index contributed by atoms with van der Waals surface area (Å²) >= 11 is 0. The quantitative estimate of drug-likeness (QED) is 0.870. The monoisotopic (exact) mass is 375 g/mol. The van der Waals surface area contributed by atoms with Gasteiger partial charge in [0, 0.05) is 12.1 Å². The fraction of sp³-hybridized carbons (Fsp3) is 0.588. The van der Waals surface area contributed by atoms with E-state index in [0.717, 1.165) is 24.6 Å². The highest BCUT2D eigenvalue weighted by Gasteiger charge is 2.65. The predicted molar refractivity (Wildman–Crippen MR) is 87.4 cm³/mol. The van der Waals surface area contributed by atoms with Gasteiger partial charge in [0.15, 0.2) is 0 Å². The maximum absolute atomic E-state index is 12.8. The third kappa shape index (κ3) is 2.94. The van der Waals surface area contributed by atoms with E-state index in [1.54, 1.807) is 0 Å². The van der Waals surface area contributed by atoms with Crippen LogP contribution in [0.15, 0.2) is 24.3 Å². The number of carbonyl (C=O) groups excluding carboxylic acids is 1. The molecule has 2 atom stereocenters. The van der Waals surface area contributed by atoms with Gasteiger partial charge in [0.05, 0.1) is 16.7 Å². The topological polar surface area (TPSA) is 63.2 Å². The summed E-state index contributed by atoms with van der Waals surface area (Å²) in [5.74, 6) is -0.273. The molecule has 0 radical (unpaired) electrons. The van der Waals surface area contributed by atoms with Gasteiger partial charge in [-0.15, -0.1) is 0 Å². The van der Waals surface area contributed by atoms with E-state index in [1.165, 1.54) is 6.07 Å². The Balaban J connectivity index is 1.85. The number of alkyl halides is 3. The number of hydrogen-bond acceptors (Lipinski definition) is 3. The minimum atomic E-state index is -4.55. The summed E-state index contributed by atoms with van der Waals surface area (Å²) in [6.45, 7) is 3.82. The molecule has 2 aliphatic carbocycles. The third-order valence-electron chi connectivity index (χ3n) is 6.04. The molecule has 138 valence electrons. The summed E-state index contributed by atoms with van der Waals surface area (Å²) in [5, 5.41) is 0. The Bertz CT molecular complexity index is 817. The zero-order chi connectivity index (χ0) is 18.7. The first-order chi connectivity index (χ1) is 11.4. The van der Waals surface area contributed by atoms with Crippen LogP contribution in [-0.4, -0.2) is 20.0 Å². The first-order valence-electron chi connectivity index (χ1n) is 8.08. The molecule has 0 saturated heterocycles. The second kappa shape index (κ2) is 5.46. The Kier molecular flexibility index (Phi) is 3.98. The van der Waals surface area contributed by atoms with Gasteiger partial charge in [-0.3, -0.25) is 9.52 Å². The highest BCUT2D eigenvalue weighted by Crippen LogP contribution is 2.64. The van der Waals surface area contributed by atoms with Gasteiger partial charge in [0.2, 0.25) is 10.0 Å². The summed E-state index contributed by atoms with van der Waals surface area (Å²) in [6, 6.07) is 4.05. The number of benzene rings is 1. The second-order valence-corrected chi connectivity index (χ2v) is 9.33. The summed E-state index contributed by atoms with van der Waals surface area (Å²) in [4.78, 5) is 12.4. The molecule has 0 aromatic heterocycles. The smallest absolute Gasteiger partial charge is 0.299 e. The number of sulfonamides is 1. The lowest BCUT2D eigenvalue weighted by molar-refractivity contribution is -0.137. The minimum Gasteiger partial charge on any atom is -0.299 e. The Morgan fingerprint density at radius 3 is 2.48 bits per heavy atom. The summed E-state index contributed by atoms with van der Waals surface area (Å²) in [5.41, 5.74) is -2.45. The lowest BCUT2D eigenvalue weighted by atomic mass is 9.70. The van der Waals surface area contributed by atoms with E-state index in [2.05, 4.69) is 4.72 Å². The second-order valence-electron chi connectivity index (χ2n) is 7.61. The zero-order valence-corrected chi connectivity index (χ0v) is 14.8. The number of Topliss-reactive ketones (excluding diaryl/α,β-unsaturated/α-hetero) is 1. The largest absolute Gasteiger partial charge is 0.416 e. The van der Waals surface area contributed by atoms with Crippen molar-refractivity contribution < 1.29 is 26.4 Å². The molecule has 2 saturated carbocycles. The van der Waals surface area contributed by atoms with Crippen LogP contribution in [0, 0.1) is 16.7 Å². The summed E-state index contributed by atoms with van der Waals surface area (Å²) < 4.78 is 65.7. The highest BCUT2D eigenvalue weighted by atomic mass is 32.2. The lowest BCUT2D eigenvalue weighted by Crippen LogP contribution is -2.43. The van der Waals surface area contributed by atoms with Gasteiger partial charge < -0.3 is 0 Å². The van der Waals surface area contributed by atoms with Gasteiger partial charge >= 0.3 is 6.18 Å². The Hall–Kier alpha value is -1.57. The normalized spacial score (nSPS) is 28.4. The van der Waals surface area contributed by atoms with Crippen molar-refractivity contribution in [1.29, 1.82) is 0 Å². The van der Waals surface area contributed by atoms with E-state index < -0.39 is 38.3 Å². The van der Waals surface area contributed by atoms with E-state index in [0.29, 0.717) is 12.8 Å². The number of rotatable bonds is 4. The Morgan fingerprint density at radius 2 is 1.96 bits per heavy atom. The van der Waals surface area contributed by atoms with Crippen molar-refractivity contribution in [3.05, 3.63) is 29.8 Å². The van der Waals surface area contributed by atoms with Crippen LogP contribution in [0.3, 0.4) is 0 Å². The molecule has 0 aliphatic heterocycles. The number of nitrogens with one attached hydrogen (secondary N) is 1. The van der Waals surface area contributed by atoms with E-state index in [1.807, 2.05) is 13.8 Å². The number of halogens is 3. The molecular formula is C17H20F3NO3S. The van der Waals surface area contributed by atoms with Crippen LogP contribution in [0.25, 0.3) is 0 Å². The Labute approximate surface area is 144 Å². The van der Waals surface area contributed by atoms with E-state index in [9.17, 15) is 26.4 Å². The third-order valence-corrected chi connectivity index (χ3v) is 7.46. The molecule has 1 aromatic rings. The molecule has 0 spiro atoms. The molecule has 4 nitrogen and oxygen atoms in total. The van der Waals surface area contributed by atoms with E-state index in [4.69, 9.17) is 0 Å². The summed E-state index contributed by atoms with van der Waals surface area (Å²) in [7, 11) is -3.97. The molecule has 2 fully saturated rings. The molecule has 2 bridgehead atoms. The molecule has 2 aliphatic rings. The van der Waals surface area contributed by atoms with Gasteiger partial charge in [-0.05, 0) is 42.4 Å². The molecule has 25 heavy (non-hydrogen) atoms. The predicted octanol–water partition coefficient (Wildman–Crippen LogP) is 3.84. The van der Waals surface area contributed by atoms with Gasteiger partial charge in [-0.1, -0.05) is 19.9 Å². The molecule has 0 heterocycles. The number of fused-ring (bicyclic) bond motifs is 2. The fourth-order valence-corrected chi connectivity index (χ4v) is 6.29. The molecule has 2 unspecified atom stereocenters. The van der Waals surface area contributed by atoms with Crippen LogP contribution in [0.1, 0.15) is 38.7 Å². The maximum atomic E-state index is 12.8. The van der Waals surface area contributed by atoms with Crippen LogP contribution < -0.4 is 4.72 Å².